The van der Waals surface area contributed by atoms with Crippen molar-refractivity contribution in [2.75, 3.05) is 6.54 Å². The molecule has 1 unspecified atom stereocenters. The van der Waals surface area contributed by atoms with Crippen molar-refractivity contribution >= 4 is 34.3 Å². The molecule has 22 heavy (non-hydrogen) atoms. The number of ether oxygens (including phenoxy) is 1. The Bertz CT molecular complexity index is 567. The van der Waals surface area contributed by atoms with Gasteiger partial charge in [0.15, 0.2) is 6.04 Å². The summed E-state index contributed by atoms with van der Waals surface area (Å²) in [5.74, 6) is -1.24. The fraction of sp³-hybridized carbons (Fsp3) is 0.400. The van der Waals surface area contributed by atoms with Gasteiger partial charge in [0.2, 0.25) is 0 Å². The maximum atomic E-state index is 12.2. The molecule has 0 spiro atoms. The Kier molecular flexibility index (Phi) is 6.11. The number of aliphatic carboxylic acids is 1. The van der Waals surface area contributed by atoms with E-state index in [-0.39, 0.29) is 6.54 Å². The lowest BCUT2D eigenvalue weighted by molar-refractivity contribution is -0.143. The Morgan fingerprint density at radius 1 is 1.41 bits per heavy atom. The second kappa shape index (κ2) is 7.40. The molecule has 7 heteroatoms. The van der Waals surface area contributed by atoms with Crippen LogP contribution >= 0.6 is 15.9 Å². The molecule has 1 N–H and O–H groups in total. The summed E-state index contributed by atoms with van der Waals surface area (Å²) in [7, 11) is 0. The van der Waals surface area contributed by atoms with Crippen molar-refractivity contribution in [2.24, 2.45) is 0 Å². The Morgan fingerprint density at radius 3 is 2.50 bits per heavy atom. The van der Waals surface area contributed by atoms with Crippen LogP contribution < -0.4 is 0 Å². The van der Waals surface area contributed by atoms with E-state index < -0.39 is 23.7 Å². The van der Waals surface area contributed by atoms with Crippen LogP contribution in [-0.2, 0) is 14.3 Å². The van der Waals surface area contributed by atoms with Crippen LogP contribution in [0.1, 0.15) is 32.4 Å². The van der Waals surface area contributed by atoms with Crippen molar-refractivity contribution in [2.45, 2.75) is 32.4 Å². The minimum absolute atomic E-state index is 0.370. The topological polar surface area (TPSA) is 83.9 Å². The van der Waals surface area contributed by atoms with Crippen molar-refractivity contribution in [1.82, 2.24) is 4.90 Å². The lowest BCUT2D eigenvalue weighted by Gasteiger charge is -2.30. The van der Waals surface area contributed by atoms with Crippen LogP contribution in [0, 0.1) is 0 Å². The van der Waals surface area contributed by atoms with Gasteiger partial charge in [-0.25, -0.2) is 9.59 Å². The average molecular weight is 372 g/mol. The SMILES string of the molecule is CC(C)(C)OC(=O)N(CC=O)C(C(=O)O)c1cccc(Br)c1. The molecule has 1 amide bonds. The summed E-state index contributed by atoms with van der Waals surface area (Å²) in [6.07, 6.45) is -0.385. The van der Waals surface area contributed by atoms with Gasteiger partial charge in [-0.2, -0.15) is 0 Å². The Balaban J connectivity index is 3.20. The van der Waals surface area contributed by atoms with E-state index in [2.05, 4.69) is 15.9 Å². The highest BCUT2D eigenvalue weighted by atomic mass is 79.9. The third-order valence-corrected chi connectivity index (χ3v) is 3.10. The van der Waals surface area contributed by atoms with Crippen LogP contribution in [0.5, 0.6) is 0 Å². The zero-order valence-electron chi connectivity index (χ0n) is 12.6. The van der Waals surface area contributed by atoms with Crippen LogP contribution in [0.25, 0.3) is 0 Å². The van der Waals surface area contributed by atoms with Crippen LogP contribution in [0.3, 0.4) is 0 Å². The first kappa shape index (κ1) is 18.2. The zero-order valence-corrected chi connectivity index (χ0v) is 14.2. The molecule has 1 aromatic carbocycles. The minimum atomic E-state index is -1.31. The molecule has 0 bridgehead atoms. The number of carbonyl (C=O) groups excluding carboxylic acids is 2. The monoisotopic (exact) mass is 371 g/mol. The summed E-state index contributed by atoms with van der Waals surface area (Å²) < 4.78 is 5.86. The number of benzene rings is 1. The van der Waals surface area contributed by atoms with Crippen LogP contribution in [0.2, 0.25) is 0 Å². The van der Waals surface area contributed by atoms with E-state index >= 15 is 0 Å². The molecule has 0 radical (unpaired) electrons. The summed E-state index contributed by atoms with van der Waals surface area (Å²) >= 11 is 3.26. The molecule has 6 nitrogen and oxygen atoms in total. The first-order valence-corrected chi connectivity index (χ1v) is 7.36. The third-order valence-electron chi connectivity index (χ3n) is 2.61. The molecule has 0 aliphatic heterocycles. The summed E-state index contributed by atoms with van der Waals surface area (Å²) in [5, 5.41) is 9.48. The highest BCUT2D eigenvalue weighted by molar-refractivity contribution is 9.10. The first-order valence-electron chi connectivity index (χ1n) is 6.57. The average Bonchev–Trinajstić information content (AvgIpc) is 2.35. The van der Waals surface area contributed by atoms with Gasteiger partial charge in [0.25, 0.3) is 0 Å². The van der Waals surface area contributed by atoms with Crippen molar-refractivity contribution < 1.29 is 24.2 Å². The molecule has 0 saturated heterocycles. The molecule has 0 aliphatic carbocycles. The predicted octanol–water partition coefficient (Wildman–Crippen LogP) is 3.01. The van der Waals surface area contributed by atoms with Crippen molar-refractivity contribution in [3.8, 4) is 0 Å². The smallest absolute Gasteiger partial charge is 0.411 e. The molecule has 0 saturated carbocycles. The summed E-state index contributed by atoms with van der Waals surface area (Å²) in [5.41, 5.74) is -0.423. The van der Waals surface area contributed by atoms with Gasteiger partial charge in [0.1, 0.15) is 11.9 Å². The number of hydrogen-bond acceptors (Lipinski definition) is 4. The largest absolute Gasteiger partial charge is 0.479 e. The molecule has 120 valence electrons. The minimum Gasteiger partial charge on any atom is -0.479 e. The normalized spacial score (nSPS) is 12.4. The molecular formula is C15H18BrNO5. The number of amides is 1. The van der Waals surface area contributed by atoms with Gasteiger partial charge in [-0.3, -0.25) is 4.90 Å². The summed E-state index contributed by atoms with van der Waals surface area (Å²) in [6, 6.07) is 5.24. The third kappa shape index (κ3) is 5.14. The van der Waals surface area contributed by atoms with E-state index in [9.17, 15) is 19.5 Å². The van der Waals surface area contributed by atoms with Gasteiger partial charge in [-0.05, 0) is 38.5 Å². The molecule has 1 aromatic rings. The summed E-state index contributed by atoms with van der Waals surface area (Å²) in [6.45, 7) is 4.62. The number of rotatable bonds is 5. The zero-order chi connectivity index (χ0) is 16.9. The Hall–Kier alpha value is -1.89. The van der Waals surface area contributed by atoms with Crippen molar-refractivity contribution in [3.05, 3.63) is 34.3 Å². The van der Waals surface area contributed by atoms with Gasteiger partial charge >= 0.3 is 12.1 Å². The second-order valence-electron chi connectivity index (χ2n) is 5.60. The van der Waals surface area contributed by atoms with E-state index in [1.54, 1.807) is 45.0 Å². The molecule has 1 rings (SSSR count). The number of carboxylic acid groups (broad SMARTS) is 1. The van der Waals surface area contributed by atoms with E-state index in [4.69, 9.17) is 4.74 Å². The fourth-order valence-corrected chi connectivity index (χ4v) is 2.24. The van der Waals surface area contributed by atoms with Gasteiger partial charge in [-0.1, -0.05) is 28.1 Å². The van der Waals surface area contributed by atoms with Crippen LogP contribution in [0.4, 0.5) is 4.79 Å². The second-order valence-corrected chi connectivity index (χ2v) is 6.51. The number of aldehydes is 1. The van der Waals surface area contributed by atoms with Gasteiger partial charge in [0.05, 0.1) is 6.54 Å². The lowest BCUT2D eigenvalue weighted by atomic mass is 10.1. The lowest BCUT2D eigenvalue weighted by Crippen LogP contribution is -2.43. The Labute approximate surface area is 137 Å². The highest BCUT2D eigenvalue weighted by Gasteiger charge is 2.34. The molecule has 0 fully saturated rings. The fourth-order valence-electron chi connectivity index (χ4n) is 1.82. The molecule has 0 aliphatic rings. The van der Waals surface area contributed by atoms with E-state index in [0.717, 1.165) is 4.90 Å². The number of halogens is 1. The van der Waals surface area contributed by atoms with E-state index in [1.165, 1.54) is 0 Å². The van der Waals surface area contributed by atoms with Crippen LogP contribution in [-0.4, -0.2) is 40.5 Å². The predicted molar refractivity (Wildman–Crippen MR) is 83.5 cm³/mol. The highest BCUT2D eigenvalue weighted by Crippen LogP contribution is 2.25. The summed E-state index contributed by atoms with van der Waals surface area (Å²) in [4.78, 5) is 35.6. The molecule has 0 aromatic heterocycles. The maximum absolute atomic E-state index is 12.2. The van der Waals surface area contributed by atoms with Gasteiger partial charge in [0, 0.05) is 4.47 Å². The molecule has 1 atom stereocenters. The molecular weight excluding hydrogens is 354 g/mol. The standard InChI is InChI=1S/C15H18BrNO5/c1-15(2,3)22-14(21)17(7-8-18)12(13(19)20)10-5-4-6-11(16)9-10/h4-6,8-9,12H,7H2,1-3H3,(H,19,20). The maximum Gasteiger partial charge on any atom is 0.411 e. The van der Waals surface area contributed by atoms with E-state index in [1.807, 2.05) is 0 Å². The van der Waals surface area contributed by atoms with Gasteiger partial charge < -0.3 is 14.6 Å². The number of carbonyl (C=O) groups is 3. The van der Waals surface area contributed by atoms with E-state index in [0.29, 0.717) is 16.3 Å². The quantitative estimate of drug-likeness (QED) is 0.804. The number of hydrogen-bond donors (Lipinski definition) is 1. The van der Waals surface area contributed by atoms with Gasteiger partial charge in [-0.15, -0.1) is 0 Å². The first-order chi connectivity index (χ1) is 10.2. The molecule has 0 heterocycles. The Morgan fingerprint density at radius 2 is 2.05 bits per heavy atom. The number of carboxylic acids is 1. The van der Waals surface area contributed by atoms with Crippen molar-refractivity contribution in [3.63, 3.8) is 0 Å². The van der Waals surface area contributed by atoms with Crippen molar-refractivity contribution in [1.29, 1.82) is 0 Å². The number of nitrogens with zero attached hydrogens (tertiary/aromatic N) is 1. The van der Waals surface area contributed by atoms with Crippen LogP contribution in [0.15, 0.2) is 28.7 Å².